The van der Waals surface area contributed by atoms with E-state index in [9.17, 15) is 4.79 Å². The van der Waals surface area contributed by atoms with Crippen molar-refractivity contribution in [1.29, 1.82) is 0 Å². The number of hydrogen-bond donors (Lipinski definition) is 1. The van der Waals surface area contributed by atoms with Crippen LogP contribution in [-0.2, 0) is 28.6 Å². The summed E-state index contributed by atoms with van der Waals surface area (Å²) in [4.78, 5) is 15.6. The molecule has 23 heavy (non-hydrogen) atoms. The van der Waals surface area contributed by atoms with Crippen molar-refractivity contribution in [2.75, 3.05) is 66.0 Å². The number of rotatable bonds is 18. The van der Waals surface area contributed by atoms with Gasteiger partial charge in [0.15, 0.2) is 6.61 Å². The number of oxime groups is 1. The molecule has 0 saturated carbocycles. The van der Waals surface area contributed by atoms with Gasteiger partial charge in [0.1, 0.15) is 0 Å². The zero-order chi connectivity index (χ0) is 17.0. The summed E-state index contributed by atoms with van der Waals surface area (Å²) in [6.45, 7) is 10.0. The Labute approximate surface area is 138 Å². The number of hydrogen-bond acceptors (Lipinski definition) is 7. The minimum Gasteiger partial charge on any atom is -0.386 e. The number of nitrogens with zero attached hydrogens (tertiary/aromatic N) is 1. The third-order valence-corrected chi connectivity index (χ3v) is 2.61. The van der Waals surface area contributed by atoms with E-state index in [0.29, 0.717) is 52.8 Å². The molecule has 0 aliphatic carbocycles. The first-order valence-electron chi connectivity index (χ1n) is 7.97. The molecular formula is C15H30N2O6. The molecule has 0 aliphatic heterocycles. The Kier molecular flexibility index (Phi) is 17.8. The van der Waals surface area contributed by atoms with Crippen LogP contribution in [0.25, 0.3) is 0 Å². The highest BCUT2D eigenvalue weighted by molar-refractivity contribution is 5.77. The molecule has 0 rings (SSSR count). The van der Waals surface area contributed by atoms with E-state index in [0.717, 1.165) is 19.4 Å². The van der Waals surface area contributed by atoms with Crippen LogP contribution >= 0.6 is 0 Å². The van der Waals surface area contributed by atoms with Crippen LogP contribution in [-0.4, -0.2) is 78.6 Å². The van der Waals surface area contributed by atoms with Gasteiger partial charge in [0, 0.05) is 19.9 Å². The van der Waals surface area contributed by atoms with E-state index in [2.05, 4.69) is 29.0 Å². The predicted octanol–water partition coefficient (Wildman–Crippen LogP) is 0.601. The van der Waals surface area contributed by atoms with E-state index in [1.54, 1.807) is 0 Å². The summed E-state index contributed by atoms with van der Waals surface area (Å²) in [5.74, 6) is -0.256. The fourth-order valence-corrected chi connectivity index (χ4v) is 1.43. The molecule has 0 atom stereocenters. The van der Waals surface area contributed by atoms with Crippen molar-refractivity contribution in [2.24, 2.45) is 5.16 Å². The van der Waals surface area contributed by atoms with Crippen molar-refractivity contribution in [3.05, 3.63) is 0 Å². The first kappa shape index (κ1) is 21.8. The van der Waals surface area contributed by atoms with Crippen LogP contribution in [0.2, 0.25) is 0 Å². The van der Waals surface area contributed by atoms with Crippen LogP contribution in [0.5, 0.6) is 0 Å². The van der Waals surface area contributed by atoms with Gasteiger partial charge in [-0.2, -0.15) is 0 Å². The van der Waals surface area contributed by atoms with Gasteiger partial charge in [0.05, 0.1) is 46.2 Å². The van der Waals surface area contributed by atoms with E-state index in [1.807, 2.05) is 0 Å². The molecule has 0 bridgehead atoms. The molecule has 0 unspecified atom stereocenters. The molecule has 0 spiro atoms. The third kappa shape index (κ3) is 18.7. The maximum Gasteiger partial charge on any atom is 0.260 e. The Hall–Kier alpha value is -1.22. The number of carbonyl (C=O) groups is 1. The van der Waals surface area contributed by atoms with Gasteiger partial charge in [-0.05, 0) is 6.42 Å². The largest absolute Gasteiger partial charge is 0.386 e. The fraction of sp³-hybridized carbons (Fsp3) is 0.867. The summed E-state index contributed by atoms with van der Waals surface area (Å²) < 4.78 is 21.4. The quantitative estimate of drug-likeness (QED) is 0.224. The molecule has 0 aromatic heterocycles. The van der Waals surface area contributed by atoms with Crippen molar-refractivity contribution < 1.29 is 28.6 Å². The Morgan fingerprint density at radius 1 is 0.913 bits per heavy atom. The standard InChI is InChI=1S/C15H30N2O6/c1-3-4-6-19-8-10-21-12-13-22-11-9-20-7-5-17-15(18)14-23-16-2/h2-14H2,1H3,(H,17,18). The van der Waals surface area contributed by atoms with Crippen LogP contribution in [0, 0.1) is 0 Å². The number of nitrogens with one attached hydrogen (secondary N) is 1. The van der Waals surface area contributed by atoms with Gasteiger partial charge in [-0.25, -0.2) is 0 Å². The highest BCUT2D eigenvalue weighted by Gasteiger charge is 1.99. The van der Waals surface area contributed by atoms with Gasteiger partial charge in [-0.15, -0.1) is 5.16 Å². The molecule has 0 heterocycles. The first-order valence-corrected chi connectivity index (χ1v) is 7.97. The van der Waals surface area contributed by atoms with Crippen molar-refractivity contribution in [1.82, 2.24) is 5.32 Å². The maximum absolute atomic E-state index is 11.1. The lowest BCUT2D eigenvalue weighted by Crippen LogP contribution is -2.30. The molecule has 0 aromatic rings. The minimum atomic E-state index is -0.256. The summed E-state index contributed by atoms with van der Waals surface area (Å²) in [6, 6.07) is 0. The lowest BCUT2D eigenvalue weighted by atomic mass is 10.4. The topological polar surface area (TPSA) is 87.6 Å². The predicted molar refractivity (Wildman–Crippen MR) is 86.7 cm³/mol. The molecule has 8 nitrogen and oxygen atoms in total. The first-order chi connectivity index (χ1) is 11.3. The van der Waals surface area contributed by atoms with Gasteiger partial charge < -0.3 is 29.1 Å². The molecule has 0 aliphatic rings. The van der Waals surface area contributed by atoms with E-state index in [4.69, 9.17) is 18.9 Å². The van der Waals surface area contributed by atoms with Crippen LogP contribution in [0.4, 0.5) is 0 Å². The highest BCUT2D eigenvalue weighted by Crippen LogP contribution is 1.88. The number of amides is 1. The molecule has 1 amide bonds. The molecule has 136 valence electrons. The summed E-state index contributed by atoms with van der Waals surface area (Å²) in [6.07, 6.45) is 2.23. The number of ether oxygens (including phenoxy) is 4. The molecule has 0 aromatic carbocycles. The van der Waals surface area contributed by atoms with Crippen LogP contribution in [0.1, 0.15) is 19.8 Å². The SMILES string of the molecule is C=NOCC(=O)NCCOCCOCCOCCOCCCC. The Bertz CT molecular complexity index is 279. The van der Waals surface area contributed by atoms with Crippen LogP contribution in [0.3, 0.4) is 0 Å². The van der Waals surface area contributed by atoms with Crippen LogP contribution < -0.4 is 5.32 Å². The van der Waals surface area contributed by atoms with Crippen molar-refractivity contribution in [2.45, 2.75) is 19.8 Å². The summed E-state index contributed by atoms with van der Waals surface area (Å²) in [5.41, 5.74) is 0. The zero-order valence-corrected chi connectivity index (χ0v) is 14.1. The van der Waals surface area contributed by atoms with E-state index in [1.165, 1.54) is 0 Å². The fourth-order valence-electron chi connectivity index (χ4n) is 1.43. The molecular weight excluding hydrogens is 304 g/mol. The van der Waals surface area contributed by atoms with E-state index >= 15 is 0 Å². The van der Waals surface area contributed by atoms with Crippen LogP contribution in [0.15, 0.2) is 5.16 Å². The third-order valence-electron chi connectivity index (χ3n) is 2.61. The molecule has 8 heteroatoms. The van der Waals surface area contributed by atoms with E-state index in [-0.39, 0.29) is 12.5 Å². The summed E-state index contributed by atoms with van der Waals surface area (Å²) in [5, 5.41) is 5.73. The Morgan fingerprint density at radius 2 is 1.43 bits per heavy atom. The highest BCUT2D eigenvalue weighted by atomic mass is 16.6. The second-order valence-corrected chi connectivity index (χ2v) is 4.56. The second-order valence-electron chi connectivity index (χ2n) is 4.56. The van der Waals surface area contributed by atoms with Gasteiger partial charge in [0.25, 0.3) is 5.91 Å². The summed E-state index contributed by atoms with van der Waals surface area (Å²) >= 11 is 0. The van der Waals surface area contributed by atoms with Gasteiger partial charge in [-0.3, -0.25) is 4.79 Å². The Morgan fingerprint density at radius 3 is 1.96 bits per heavy atom. The van der Waals surface area contributed by atoms with E-state index < -0.39 is 0 Å². The molecule has 0 fully saturated rings. The van der Waals surface area contributed by atoms with Gasteiger partial charge in [0.2, 0.25) is 0 Å². The lowest BCUT2D eigenvalue weighted by molar-refractivity contribution is -0.125. The molecule has 0 saturated heterocycles. The molecule has 0 radical (unpaired) electrons. The Balaban J connectivity index is 3.05. The van der Waals surface area contributed by atoms with Gasteiger partial charge >= 0.3 is 0 Å². The second kappa shape index (κ2) is 18.8. The summed E-state index contributed by atoms with van der Waals surface area (Å²) in [7, 11) is 0. The van der Waals surface area contributed by atoms with Crippen molar-refractivity contribution in [3.63, 3.8) is 0 Å². The van der Waals surface area contributed by atoms with Gasteiger partial charge in [-0.1, -0.05) is 13.3 Å². The van der Waals surface area contributed by atoms with Crippen molar-refractivity contribution in [3.8, 4) is 0 Å². The molecule has 1 N–H and O–H groups in total. The number of carbonyl (C=O) groups excluding carboxylic acids is 1. The lowest BCUT2D eigenvalue weighted by Gasteiger charge is -2.08. The average molecular weight is 334 g/mol. The smallest absolute Gasteiger partial charge is 0.260 e. The maximum atomic E-state index is 11.1. The normalized spacial score (nSPS) is 10.5. The van der Waals surface area contributed by atoms with Crippen molar-refractivity contribution >= 4 is 12.6 Å². The zero-order valence-electron chi connectivity index (χ0n) is 14.1. The number of unbranched alkanes of at least 4 members (excludes halogenated alkanes) is 1. The minimum absolute atomic E-state index is 0.129. The average Bonchev–Trinajstić information content (AvgIpc) is 2.56. The monoisotopic (exact) mass is 334 g/mol.